The standard InChI is InChI=1S/C18H35NO2/c1-2-3-4-5-6-7-8-9-10-11-12-13-14-15-18(21)17(19)16-20/h10-11,14-15,17-18,20-21H,2-9,12-13,16,19H2,1H3/b11-10-,15-14+/t17-,18?/m1/s1. The van der Waals surface area contributed by atoms with Gasteiger partial charge in [-0.05, 0) is 25.7 Å². The van der Waals surface area contributed by atoms with Crippen molar-refractivity contribution in [2.75, 3.05) is 6.61 Å². The van der Waals surface area contributed by atoms with Crippen LogP contribution in [-0.4, -0.2) is 29.0 Å². The van der Waals surface area contributed by atoms with Gasteiger partial charge in [0.2, 0.25) is 0 Å². The maximum absolute atomic E-state index is 9.51. The number of aliphatic hydroxyl groups excluding tert-OH is 2. The second-order valence-electron chi connectivity index (χ2n) is 5.72. The van der Waals surface area contributed by atoms with Gasteiger partial charge in [-0.15, -0.1) is 0 Å². The lowest BCUT2D eigenvalue weighted by Crippen LogP contribution is -2.36. The van der Waals surface area contributed by atoms with Crippen LogP contribution in [0.2, 0.25) is 0 Å². The maximum Gasteiger partial charge on any atom is 0.0894 e. The van der Waals surface area contributed by atoms with Crippen molar-refractivity contribution < 1.29 is 10.2 Å². The summed E-state index contributed by atoms with van der Waals surface area (Å²) < 4.78 is 0. The summed E-state index contributed by atoms with van der Waals surface area (Å²) in [7, 11) is 0. The minimum Gasteiger partial charge on any atom is -0.395 e. The van der Waals surface area contributed by atoms with Crippen LogP contribution >= 0.6 is 0 Å². The minimum absolute atomic E-state index is 0.191. The number of rotatable bonds is 14. The van der Waals surface area contributed by atoms with Crippen LogP contribution in [0.3, 0.4) is 0 Å². The summed E-state index contributed by atoms with van der Waals surface area (Å²) in [5.41, 5.74) is 5.50. The average Bonchev–Trinajstić information content (AvgIpc) is 2.50. The van der Waals surface area contributed by atoms with Crippen LogP contribution in [0.1, 0.15) is 71.1 Å². The molecule has 0 aromatic rings. The van der Waals surface area contributed by atoms with Crippen LogP contribution in [0, 0.1) is 0 Å². The van der Waals surface area contributed by atoms with Crippen LogP contribution < -0.4 is 5.73 Å². The molecule has 0 bridgehead atoms. The van der Waals surface area contributed by atoms with E-state index in [1.165, 1.54) is 51.4 Å². The SMILES string of the molecule is CCCCCCCCC/C=C\CC/C=C/C(O)[C@H](N)CO. The third-order valence-corrected chi connectivity index (χ3v) is 3.62. The quantitative estimate of drug-likeness (QED) is 0.338. The molecular formula is C18H35NO2. The number of allylic oxidation sites excluding steroid dienone is 3. The highest BCUT2D eigenvalue weighted by molar-refractivity contribution is 4.95. The van der Waals surface area contributed by atoms with Gasteiger partial charge in [0, 0.05) is 0 Å². The van der Waals surface area contributed by atoms with Gasteiger partial charge in [-0.25, -0.2) is 0 Å². The van der Waals surface area contributed by atoms with Gasteiger partial charge < -0.3 is 15.9 Å². The zero-order valence-electron chi connectivity index (χ0n) is 13.7. The first-order valence-electron chi connectivity index (χ1n) is 8.58. The molecule has 0 aromatic heterocycles. The lowest BCUT2D eigenvalue weighted by Gasteiger charge is -2.11. The van der Waals surface area contributed by atoms with Gasteiger partial charge in [0.05, 0.1) is 18.8 Å². The lowest BCUT2D eigenvalue weighted by atomic mass is 10.1. The molecule has 3 heteroatoms. The summed E-state index contributed by atoms with van der Waals surface area (Å²) >= 11 is 0. The first kappa shape index (κ1) is 20.4. The normalized spacial score (nSPS) is 15.0. The molecule has 0 saturated heterocycles. The fourth-order valence-electron chi connectivity index (χ4n) is 2.13. The van der Waals surface area contributed by atoms with Crippen molar-refractivity contribution in [3.63, 3.8) is 0 Å². The molecule has 0 amide bonds. The van der Waals surface area contributed by atoms with E-state index in [0.29, 0.717) is 0 Å². The summed E-state index contributed by atoms with van der Waals surface area (Å²) in [6.45, 7) is 2.06. The van der Waals surface area contributed by atoms with Crippen LogP contribution in [0.5, 0.6) is 0 Å². The molecule has 0 heterocycles. The first-order valence-corrected chi connectivity index (χ1v) is 8.58. The summed E-state index contributed by atoms with van der Waals surface area (Å²) in [6, 6.07) is -0.575. The van der Waals surface area contributed by atoms with Crippen molar-refractivity contribution in [2.24, 2.45) is 5.73 Å². The zero-order valence-corrected chi connectivity index (χ0v) is 13.7. The van der Waals surface area contributed by atoms with Gasteiger partial charge >= 0.3 is 0 Å². The van der Waals surface area contributed by atoms with Crippen molar-refractivity contribution in [1.82, 2.24) is 0 Å². The van der Waals surface area contributed by atoms with Gasteiger partial charge in [0.15, 0.2) is 0 Å². The van der Waals surface area contributed by atoms with Crippen molar-refractivity contribution >= 4 is 0 Å². The first-order chi connectivity index (χ1) is 10.2. The van der Waals surface area contributed by atoms with Crippen molar-refractivity contribution in [3.05, 3.63) is 24.3 Å². The number of unbranched alkanes of at least 4 members (excludes halogenated alkanes) is 8. The van der Waals surface area contributed by atoms with E-state index in [1.807, 2.05) is 6.08 Å². The molecule has 2 atom stereocenters. The minimum atomic E-state index is -0.744. The van der Waals surface area contributed by atoms with Crippen molar-refractivity contribution in [1.29, 1.82) is 0 Å². The van der Waals surface area contributed by atoms with E-state index in [9.17, 15) is 5.11 Å². The highest BCUT2D eigenvalue weighted by Gasteiger charge is 2.08. The molecule has 1 unspecified atom stereocenters. The Kier molecular flexibility index (Phi) is 15.3. The fourth-order valence-corrected chi connectivity index (χ4v) is 2.13. The van der Waals surface area contributed by atoms with Gasteiger partial charge in [0.25, 0.3) is 0 Å². The third kappa shape index (κ3) is 14.1. The smallest absolute Gasteiger partial charge is 0.0894 e. The van der Waals surface area contributed by atoms with E-state index in [1.54, 1.807) is 6.08 Å². The van der Waals surface area contributed by atoms with Crippen LogP contribution in [0.4, 0.5) is 0 Å². The highest BCUT2D eigenvalue weighted by Crippen LogP contribution is 2.09. The summed E-state index contributed by atoms with van der Waals surface area (Å²) in [4.78, 5) is 0. The molecule has 0 saturated carbocycles. The van der Waals surface area contributed by atoms with E-state index in [-0.39, 0.29) is 6.61 Å². The Labute approximate surface area is 130 Å². The van der Waals surface area contributed by atoms with Crippen molar-refractivity contribution in [3.8, 4) is 0 Å². The monoisotopic (exact) mass is 297 g/mol. The van der Waals surface area contributed by atoms with Gasteiger partial charge in [-0.1, -0.05) is 69.8 Å². The molecule has 0 aliphatic rings. The summed E-state index contributed by atoms with van der Waals surface area (Å²) in [5, 5.41) is 18.3. The van der Waals surface area contributed by atoms with E-state index < -0.39 is 12.1 Å². The molecule has 0 radical (unpaired) electrons. The van der Waals surface area contributed by atoms with Crippen LogP contribution in [0.25, 0.3) is 0 Å². The Balaban J connectivity index is 3.35. The summed E-state index contributed by atoms with van der Waals surface area (Å²) in [6.07, 6.45) is 19.9. The Hall–Kier alpha value is -0.640. The topological polar surface area (TPSA) is 66.5 Å². The molecular weight excluding hydrogens is 262 g/mol. The molecule has 0 aliphatic carbocycles. The summed E-state index contributed by atoms with van der Waals surface area (Å²) in [5.74, 6) is 0. The van der Waals surface area contributed by atoms with E-state index in [0.717, 1.165) is 12.8 Å². The molecule has 0 aliphatic heterocycles. The Morgan fingerprint density at radius 3 is 2.10 bits per heavy atom. The fraction of sp³-hybridized carbons (Fsp3) is 0.778. The van der Waals surface area contributed by atoms with Crippen LogP contribution in [-0.2, 0) is 0 Å². The lowest BCUT2D eigenvalue weighted by molar-refractivity contribution is 0.144. The number of nitrogens with two attached hydrogens (primary N) is 1. The van der Waals surface area contributed by atoms with Crippen LogP contribution in [0.15, 0.2) is 24.3 Å². The van der Waals surface area contributed by atoms with E-state index in [4.69, 9.17) is 10.8 Å². The Morgan fingerprint density at radius 1 is 0.857 bits per heavy atom. The predicted octanol–water partition coefficient (Wildman–Crippen LogP) is 3.70. The highest BCUT2D eigenvalue weighted by atomic mass is 16.3. The third-order valence-electron chi connectivity index (χ3n) is 3.62. The zero-order chi connectivity index (χ0) is 15.8. The molecule has 4 N–H and O–H groups in total. The number of hydrogen-bond acceptors (Lipinski definition) is 3. The van der Waals surface area contributed by atoms with Gasteiger partial charge in [-0.3, -0.25) is 0 Å². The Morgan fingerprint density at radius 2 is 1.43 bits per heavy atom. The van der Waals surface area contributed by atoms with Gasteiger partial charge in [-0.2, -0.15) is 0 Å². The maximum atomic E-state index is 9.51. The van der Waals surface area contributed by atoms with Crippen molar-refractivity contribution in [2.45, 2.75) is 83.3 Å². The predicted molar refractivity (Wildman–Crippen MR) is 91.2 cm³/mol. The molecule has 124 valence electrons. The molecule has 3 nitrogen and oxygen atoms in total. The Bertz CT molecular complexity index is 264. The second-order valence-corrected chi connectivity index (χ2v) is 5.72. The molecule has 0 fully saturated rings. The van der Waals surface area contributed by atoms with Gasteiger partial charge in [0.1, 0.15) is 0 Å². The molecule has 0 aromatic carbocycles. The average molecular weight is 297 g/mol. The van der Waals surface area contributed by atoms with E-state index >= 15 is 0 Å². The largest absolute Gasteiger partial charge is 0.395 e. The molecule has 0 rings (SSSR count). The van der Waals surface area contributed by atoms with E-state index in [2.05, 4.69) is 19.1 Å². The number of aliphatic hydroxyl groups is 2. The number of hydrogen-bond donors (Lipinski definition) is 3. The molecule has 0 spiro atoms. The molecule has 21 heavy (non-hydrogen) atoms. The second kappa shape index (κ2) is 15.7.